The molecule has 5 heteroatoms. The van der Waals surface area contributed by atoms with Gasteiger partial charge in [0, 0.05) is 43.8 Å². The first-order valence-electron chi connectivity index (χ1n) is 8.13. The average molecular weight is 322 g/mol. The van der Waals surface area contributed by atoms with Gasteiger partial charge in [0.25, 0.3) is 0 Å². The van der Waals surface area contributed by atoms with Crippen LogP contribution in [-0.2, 0) is 11.3 Å². The predicted molar refractivity (Wildman–Crippen MR) is 88.9 cm³/mol. The van der Waals surface area contributed by atoms with Crippen molar-refractivity contribution < 1.29 is 4.79 Å². The third-order valence-corrected chi connectivity index (χ3v) is 4.79. The second-order valence-corrected chi connectivity index (χ2v) is 6.84. The minimum atomic E-state index is -0.0195. The number of nitrogens with one attached hydrogen (secondary N) is 1. The van der Waals surface area contributed by atoms with Gasteiger partial charge in [0.05, 0.1) is 6.04 Å². The van der Waals surface area contributed by atoms with Gasteiger partial charge in [0.2, 0.25) is 5.91 Å². The molecule has 120 valence electrons. The molecule has 1 saturated heterocycles. The summed E-state index contributed by atoms with van der Waals surface area (Å²) in [5, 5.41) is 3.89. The summed E-state index contributed by atoms with van der Waals surface area (Å²) in [5.41, 5.74) is 1.25. The quantitative estimate of drug-likeness (QED) is 0.902. The number of halogens is 1. The third kappa shape index (κ3) is 4.22. The average Bonchev–Trinajstić information content (AvgIpc) is 3.31. The summed E-state index contributed by atoms with van der Waals surface area (Å²) in [4.78, 5) is 16.8. The third-order valence-electron chi connectivity index (χ3n) is 4.55. The van der Waals surface area contributed by atoms with E-state index in [0.717, 1.165) is 50.6 Å². The van der Waals surface area contributed by atoms with Gasteiger partial charge in [-0.25, -0.2) is 0 Å². The Bertz CT molecular complexity index is 524. The van der Waals surface area contributed by atoms with Crippen LogP contribution in [0.2, 0.25) is 5.02 Å². The Morgan fingerprint density at radius 1 is 1.32 bits per heavy atom. The minimum Gasteiger partial charge on any atom is -0.352 e. The van der Waals surface area contributed by atoms with Crippen molar-refractivity contribution in [1.82, 2.24) is 15.1 Å². The monoisotopic (exact) mass is 321 g/mol. The van der Waals surface area contributed by atoms with E-state index in [-0.39, 0.29) is 11.9 Å². The Morgan fingerprint density at radius 3 is 2.68 bits per heavy atom. The highest BCUT2D eigenvalue weighted by molar-refractivity contribution is 6.30. The van der Waals surface area contributed by atoms with Crippen molar-refractivity contribution in [2.24, 2.45) is 0 Å². The lowest BCUT2D eigenvalue weighted by molar-refractivity contribution is -0.126. The molecule has 2 fully saturated rings. The Labute approximate surface area is 137 Å². The Balaban J connectivity index is 1.46. The van der Waals surface area contributed by atoms with Gasteiger partial charge in [-0.1, -0.05) is 23.7 Å². The molecule has 1 aliphatic carbocycles. The first-order chi connectivity index (χ1) is 10.6. The number of benzene rings is 1. The first-order valence-corrected chi connectivity index (χ1v) is 8.51. The van der Waals surface area contributed by atoms with Crippen LogP contribution in [0.25, 0.3) is 0 Å². The molecule has 3 rings (SSSR count). The second-order valence-electron chi connectivity index (χ2n) is 6.40. The summed E-state index contributed by atoms with van der Waals surface area (Å²) in [6, 6.07) is 8.47. The van der Waals surface area contributed by atoms with Gasteiger partial charge < -0.3 is 5.32 Å². The highest BCUT2D eigenvalue weighted by Crippen LogP contribution is 2.19. The fraction of sp³-hybridized carbons (Fsp3) is 0.588. The largest absolute Gasteiger partial charge is 0.352 e. The highest BCUT2D eigenvalue weighted by Gasteiger charge is 2.29. The number of amides is 1. The van der Waals surface area contributed by atoms with E-state index in [9.17, 15) is 4.79 Å². The van der Waals surface area contributed by atoms with Gasteiger partial charge in [0.1, 0.15) is 0 Å². The summed E-state index contributed by atoms with van der Waals surface area (Å²) in [7, 11) is 0. The van der Waals surface area contributed by atoms with Crippen LogP contribution in [0.15, 0.2) is 24.3 Å². The van der Waals surface area contributed by atoms with Crippen molar-refractivity contribution in [3.8, 4) is 0 Å². The van der Waals surface area contributed by atoms with Gasteiger partial charge in [-0.2, -0.15) is 0 Å². The lowest BCUT2D eigenvalue weighted by Crippen LogP contribution is -2.53. The molecule has 0 spiro atoms. The molecule has 1 amide bonds. The molecule has 0 bridgehead atoms. The first kappa shape index (κ1) is 15.8. The molecule has 4 nitrogen and oxygen atoms in total. The molecule has 1 aliphatic heterocycles. The maximum absolute atomic E-state index is 12.1. The zero-order chi connectivity index (χ0) is 15.5. The Morgan fingerprint density at radius 2 is 2.05 bits per heavy atom. The topological polar surface area (TPSA) is 35.6 Å². The van der Waals surface area contributed by atoms with Crippen molar-refractivity contribution in [1.29, 1.82) is 0 Å². The molecule has 2 aliphatic rings. The van der Waals surface area contributed by atoms with E-state index >= 15 is 0 Å². The van der Waals surface area contributed by atoms with Crippen LogP contribution in [-0.4, -0.2) is 54.0 Å². The molecule has 1 heterocycles. The molecule has 1 N–H and O–H groups in total. The van der Waals surface area contributed by atoms with Crippen LogP contribution >= 0.6 is 11.6 Å². The number of nitrogens with zero attached hydrogens (tertiary/aromatic N) is 2. The number of hydrogen-bond donors (Lipinski definition) is 1. The SMILES string of the molecule is C[C@@H](C(=O)NC1CC1)N1CCN(Cc2cccc(Cl)c2)CC1. The molecular weight excluding hydrogens is 298 g/mol. The van der Waals surface area contributed by atoms with E-state index in [1.807, 2.05) is 25.1 Å². The van der Waals surface area contributed by atoms with E-state index < -0.39 is 0 Å². The summed E-state index contributed by atoms with van der Waals surface area (Å²) < 4.78 is 0. The highest BCUT2D eigenvalue weighted by atomic mass is 35.5. The summed E-state index contributed by atoms with van der Waals surface area (Å²) in [5.74, 6) is 0.186. The van der Waals surface area contributed by atoms with E-state index in [4.69, 9.17) is 11.6 Å². The Hall–Kier alpha value is -1.10. The molecular formula is C17H24ClN3O. The van der Waals surface area contributed by atoms with Gasteiger partial charge in [-0.15, -0.1) is 0 Å². The molecule has 0 unspecified atom stereocenters. The van der Waals surface area contributed by atoms with E-state index in [0.29, 0.717) is 6.04 Å². The van der Waals surface area contributed by atoms with Crippen molar-refractivity contribution >= 4 is 17.5 Å². The van der Waals surface area contributed by atoms with Crippen molar-refractivity contribution in [3.05, 3.63) is 34.9 Å². The van der Waals surface area contributed by atoms with Crippen LogP contribution in [0.3, 0.4) is 0 Å². The van der Waals surface area contributed by atoms with E-state index in [1.54, 1.807) is 0 Å². The fourth-order valence-corrected chi connectivity index (χ4v) is 3.13. The molecule has 22 heavy (non-hydrogen) atoms. The summed E-state index contributed by atoms with van der Waals surface area (Å²) in [6.45, 7) is 6.82. The summed E-state index contributed by atoms with van der Waals surface area (Å²) >= 11 is 6.04. The number of piperazine rings is 1. The molecule has 1 atom stereocenters. The number of hydrogen-bond acceptors (Lipinski definition) is 3. The Kier molecular flexibility index (Phi) is 5.01. The van der Waals surface area contributed by atoms with Crippen LogP contribution in [0, 0.1) is 0 Å². The van der Waals surface area contributed by atoms with Gasteiger partial charge in [0.15, 0.2) is 0 Å². The lowest BCUT2D eigenvalue weighted by atomic mass is 10.1. The van der Waals surface area contributed by atoms with Gasteiger partial charge >= 0.3 is 0 Å². The lowest BCUT2D eigenvalue weighted by Gasteiger charge is -2.37. The van der Waals surface area contributed by atoms with Gasteiger partial charge in [-0.05, 0) is 37.5 Å². The number of carbonyl (C=O) groups excluding carboxylic acids is 1. The molecule has 1 aromatic carbocycles. The zero-order valence-electron chi connectivity index (χ0n) is 13.1. The van der Waals surface area contributed by atoms with E-state index in [1.165, 1.54) is 5.56 Å². The van der Waals surface area contributed by atoms with Crippen LogP contribution in [0.1, 0.15) is 25.3 Å². The van der Waals surface area contributed by atoms with Crippen LogP contribution in [0.5, 0.6) is 0 Å². The molecule has 1 aromatic rings. The van der Waals surface area contributed by atoms with E-state index in [2.05, 4.69) is 21.2 Å². The maximum atomic E-state index is 12.1. The van der Waals surface area contributed by atoms with Crippen molar-refractivity contribution in [2.45, 2.75) is 38.4 Å². The predicted octanol–water partition coefficient (Wildman–Crippen LogP) is 2.12. The van der Waals surface area contributed by atoms with Crippen molar-refractivity contribution in [2.75, 3.05) is 26.2 Å². The minimum absolute atomic E-state index is 0.0195. The number of rotatable bonds is 5. The van der Waals surface area contributed by atoms with Crippen LogP contribution in [0.4, 0.5) is 0 Å². The van der Waals surface area contributed by atoms with Crippen molar-refractivity contribution in [3.63, 3.8) is 0 Å². The molecule has 0 radical (unpaired) electrons. The number of carbonyl (C=O) groups is 1. The van der Waals surface area contributed by atoms with Crippen LogP contribution < -0.4 is 5.32 Å². The molecule has 0 aromatic heterocycles. The second kappa shape index (κ2) is 6.99. The summed E-state index contributed by atoms with van der Waals surface area (Å²) in [6.07, 6.45) is 2.29. The molecule has 1 saturated carbocycles. The smallest absolute Gasteiger partial charge is 0.237 e. The standard InChI is InChI=1S/C17H24ClN3O/c1-13(17(22)19-16-5-6-16)21-9-7-20(8-10-21)12-14-3-2-4-15(18)11-14/h2-4,11,13,16H,5-10,12H2,1H3,(H,19,22)/t13-/m0/s1. The van der Waals surface area contributed by atoms with Gasteiger partial charge in [-0.3, -0.25) is 14.6 Å². The normalized spacial score (nSPS) is 21.5. The maximum Gasteiger partial charge on any atom is 0.237 e. The zero-order valence-corrected chi connectivity index (χ0v) is 13.9. The fourth-order valence-electron chi connectivity index (χ4n) is 2.92.